The molecule has 0 aromatic carbocycles. The molecule has 0 aromatic heterocycles. The van der Waals surface area contributed by atoms with Crippen LogP contribution in [0.2, 0.25) is 0 Å². The van der Waals surface area contributed by atoms with Crippen LogP contribution in [-0.2, 0) is 28.6 Å². The van der Waals surface area contributed by atoms with E-state index in [1.165, 1.54) is 244 Å². The van der Waals surface area contributed by atoms with E-state index in [1.807, 2.05) is 0 Å². The van der Waals surface area contributed by atoms with Crippen molar-refractivity contribution in [2.45, 2.75) is 374 Å². The van der Waals surface area contributed by atoms with Gasteiger partial charge in [0.15, 0.2) is 6.10 Å². The molecule has 0 N–H and O–H groups in total. The smallest absolute Gasteiger partial charge is 0.306 e. The molecule has 1 unspecified atom stereocenters. The lowest BCUT2D eigenvalue weighted by Gasteiger charge is -2.18. The van der Waals surface area contributed by atoms with Crippen molar-refractivity contribution in [2.24, 2.45) is 0 Å². The van der Waals surface area contributed by atoms with Crippen LogP contribution >= 0.6 is 0 Å². The Morgan fingerprint density at radius 3 is 0.818 bits per heavy atom. The van der Waals surface area contributed by atoms with Crippen LogP contribution in [0.1, 0.15) is 367 Å². The summed E-state index contributed by atoms with van der Waals surface area (Å²) in [5.74, 6) is -0.895. The number of carbonyl (C=O) groups excluding carboxylic acids is 3. The van der Waals surface area contributed by atoms with Gasteiger partial charge in [-0.05, 0) is 77.0 Å². The molecule has 6 nitrogen and oxygen atoms in total. The van der Waals surface area contributed by atoms with E-state index in [9.17, 15) is 14.4 Å². The van der Waals surface area contributed by atoms with Crippen LogP contribution in [0.15, 0.2) is 48.6 Å². The molecule has 0 aromatic rings. The first-order valence-corrected chi connectivity index (χ1v) is 34.1. The van der Waals surface area contributed by atoms with Gasteiger partial charge in [0, 0.05) is 19.3 Å². The second kappa shape index (κ2) is 65.9. The van der Waals surface area contributed by atoms with Gasteiger partial charge in [-0.1, -0.05) is 320 Å². The summed E-state index contributed by atoms with van der Waals surface area (Å²) >= 11 is 0. The number of unbranched alkanes of at least 4 members (excludes halogenated alkanes) is 44. The summed E-state index contributed by atoms with van der Waals surface area (Å²) in [6, 6.07) is 0. The predicted octanol–water partition coefficient (Wildman–Crippen LogP) is 23.3. The van der Waals surface area contributed by atoms with Crippen molar-refractivity contribution < 1.29 is 28.6 Å². The summed E-state index contributed by atoms with van der Waals surface area (Å²) in [4.78, 5) is 38.3. The molecule has 0 amide bonds. The van der Waals surface area contributed by atoms with E-state index in [0.29, 0.717) is 19.3 Å². The maximum absolute atomic E-state index is 12.9. The lowest BCUT2D eigenvalue weighted by Crippen LogP contribution is -2.30. The molecule has 0 saturated carbocycles. The monoisotopic (exact) mass is 1080 g/mol. The number of rotatable bonds is 63. The Morgan fingerprint density at radius 2 is 0.506 bits per heavy atom. The zero-order valence-corrected chi connectivity index (χ0v) is 51.7. The third-order valence-electron chi connectivity index (χ3n) is 15.3. The van der Waals surface area contributed by atoms with E-state index in [-0.39, 0.29) is 31.1 Å². The largest absolute Gasteiger partial charge is 0.462 e. The average Bonchev–Trinajstić information content (AvgIpc) is 3.43. The first-order chi connectivity index (χ1) is 38.0. The molecule has 0 radical (unpaired) electrons. The normalized spacial score (nSPS) is 12.3. The summed E-state index contributed by atoms with van der Waals surface area (Å²) in [6.45, 7) is 6.55. The van der Waals surface area contributed by atoms with Gasteiger partial charge in [-0.15, -0.1) is 0 Å². The van der Waals surface area contributed by atoms with Crippen molar-refractivity contribution >= 4 is 17.9 Å². The van der Waals surface area contributed by atoms with Gasteiger partial charge in [0.25, 0.3) is 0 Å². The van der Waals surface area contributed by atoms with Gasteiger partial charge in [-0.25, -0.2) is 0 Å². The van der Waals surface area contributed by atoms with E-state index in [4.69, 9.17) is 14.2 Å². The quantitative estimate of drug-likeness (QED) is 0.0261. The minimum atomic E-state index is -0.786. The molecule has 0 heterocycles. The van der Waals surface area contributed by atoms with Crippen molar-refractivity contribution in [2.75, 3.05) is 13.2 Å². The zero-order valence-electron chi connectivity index (χ0n) is 51.7. The fourth-order valence-corrected chi connectivity index (χ4v) is 10.2. The third kappa shape index (κ3) is 64.1. The Kier molecular flexibility index (Phi) is 63.6. The van der Waals surface area contributed by atoms with Crippen LogP contribution in [0.5, 0.6) is 0 Å². The van der Waals surface area contributed by atoms with E-state index >= 15 is 0 Å². The molecular formula is C71H130O6. The van der Waals surface area contributed by atoms with Crippen LogP contribution in [0, 0.1) is 0 Å². The van der Waals surface area contributed by atoms with Crippen molar-refractivity contribution in [3.8, 4) is 0 Å². The molecule has 77 heavy (non-hydrogen) atoms. The van der Waals surface area contributed by atoms with Crippen LogP contribution < -0.4 is 0 Å². The Hall–Kier alpha value is -2.63. The lowest BCUT2D eigenvalue weighted by atomic mass is 10.0. The SMILES string of the molecule is CC/C=C\C/C=C\C/C=C\CCCCCC(=O)OCC(COC(=O)CCCCCCCCCCCCCCCCCCCCCCCCCCCCCCC)OC(=O)CCCCCCCCC/C=C\CCCCCCCC. The highest BCUT2D eigenvalue weighted by molar-refractivity contribution is 5.71. The highest BCUT2D eigenvalue weighted by Gasteiger charge is 2.19. The minimum Gasteiger partial charge on any atom is -0.462 e. The van der Waals surface area contributed by atoms with Gasteiger partial charge in [0.05, 0.1) is 0 Å². The average molecular weight is 1080 g/mol. The van der Waals surface area contributed by atoms with Crippen LogP contribution in [0.4, 0.5) is 0 Å². The van der Waals surface area contributed by atoms with Gasteiger partial charge < -0.3 is 14.2 Å². The van der Waals surface area contributed by atoms with E-state index < -0.39 is 6.10 Å². The molecule has 0 fully saturated rings. The summed E-state index contributed by atoms with van der Waals surface area (Å²) in [5.41, 5.74) is 0. The first-order valence-electron chi connectivity index (χ1n) is 34.1. The second-order valence-corrected chi connectivity index (χ2v) is 23.1. The highest BCUT2D eigenvalue weighted by atomic mass is 16.6. The van der Waals surface area contributed by atoms with Gasteiger partial charge in [0.2, 0.25) is 0 Å². The summed E-state index contributed by atoms with van der Waals surface area (Å²) in [5, 5.41) is 0. The zero-order chi connectivity index (χ0) is 55.7. The molecule has 6 heteroatoms. The number of ether oxygens (including phenoxy) is 3. The molecule has 450 valence electrons. The van der Waals surface area contributed by atoms with Crippen LogP contribution in [0.25, 0.3) is 0 Å². The van der Waals surface area contributed by atoms with Gasteiger partial charge >= 0.3 is 17.9 Å². The van der Waals surface area contributed by atoms with E-state index in [1.54, 1.807) is 0 Å². The lowest BCUT2D eigenvalue weighted by molar-refractivity contribution is -0.167. The summed E-state index contributed by atoms with van der Waals surface area (Å²) in [7, 11) is 0. The van der Waals surface area contributed by atoms with Crippen LogP contribution in [0.3, 0.4) is 0 Å². The fraction of sp³-hybridized carbons (Fsp3) is 0.845. The predicted molar refractivity (Wildman–Crippen MR) is 335 cm³/mol. The van der Waals surface area contributed by atoms with Crippen molar-refractivity contribution in [1.82, 2.24) is 0 Å². The van der Waals surface area contributed by atoms with E-state index in [0.717, 1.165) is 83.5 Å². The number of hydrogen-bond acceptors (Lipinski definition) is 6. The fourth-order valence-electron chi connectivity index (χ4n) is 10.2. The third-order valence-corrected chi connectivity index (χ3v) is 15.3. The van der Waals surface area contributed by atoms with Crippen LogP contribution in [-0.4, -0.2) is 37.2 Å². The van der Waals surface area contributed by atoms with Gasteiger partial charge in [-0.2, -0.15) is 0 Å². The molecule has 0 spiro atoms. The Morgan fingerprint density at radius 1 is 0.273 bits per heavy atom. The Labute approximate surface area is 479 Å². The Bertz CT molecular complexity index is 1330. The summed E-state index contributed by atoms with van der Waals surface area (Å²) < 4.78 is 16.9. The molecule has 0 bridgehead atoms. The minimum absolute atomic E-state index is 0.0807. The molecular weight excluding hydrogens is 949 g/mol. The van der Waals surface area contributed by atoms with Crippen molar-refractivity contribution in [3.63, 3.8) is 0 Å². The molecule has 1 atom stereocenters. The second-order valence-electron chi connectivity index (χ2n) is 23.1. The number of allylic oxidation sites excluding steroid dienone is 8. The molecule has 0 aliphatic heterocycles. The molecule has 0 aliphatic rings. The maximum Gasteiger partial charge on any atom is 0.306 e. The number of hydrogen-bond donors (Lipinski definition) is 0. The standard InChI is InChI=1S/C71H130O6/c1-4-7-10-13-16-19-22-25-27-29-30-31-32-33-34-35-36-37-38-39-40-42-43-46-49-52-55-58-61-64-70(73)76-67-68(66-75-69(72)63-60-57-54-51-48-45-24-21-18-15-12-9-6-3)77-71(74)65-62-59-56-53-50-47-44-41-28-26-23-20-17-14-11-8-5-2/h9,12,18,21,26,28,45,48,68H,4-8,10-11,13-17,19-20,22-25,27,29-44,46-47,49-67H2,1-3H3/b12-9-,21-18-,28-26-,48-45-. The Balaban J connectivity index is 4.18. The topological polar surface area (TPSA) is 78.9 Å². The highest BCUT2D eigenvalue weighted by Crippen LogP contribution is 2.18. The number of esters is 3. The summed E-state index contributed by atoms with van der Waals surface area (Å²) in [6.07, 6.45) is 83.0. The van der Waals surface area contributed by atoms with Crippen molar-refractivity contribution in [3.05, 3.63) is 48.6 Å². The van der Waals surface area contributed by atoms with Gasteiger partial charge in [0.1, 0.15) is 13.2 Å². The maximum atomic E-state index is 12.9. The van der Waals surface area contributed by atoms with Gasteiger partial charge in [-0.3, -0.25) is 14.4 Å². The molecule has 0 aliphatic carbocycles. The molecule has 0 saturated heterocycles. The van der Waals surface area contributed by atoms with Crippen molar-refractivity contribution in [1.29, 1.82) is 0 Å². The first kappa shape index (κ1) is 74.4. The van der Waals surface area contributed by atoms with E-state index in [2.05, 4.69) is 69.4 Å². The number of carbonyl (C=O) groups is 3. The molecule has 0 rings (SSSR count).